The number of amides is 2. The molecule has 1 aliphatic rings. The summed E-state index contributed by atoms with van der Waals surface area (Å²) in [5.41, 5.74) is 5.41. The summed E-state index contributed by atoms with van der Waals surface area (Å²) in [5.74, 6) is 0.921. The molecule has 1 saturated heterocycles. The van der Waals surface area contributed by atoms with Crippen molar-refractivity contribution in [3.8, 4) is 0 Å². The number of aliphatic hydroxyl groups excluding tert-OH is 1. The second kappa shape index (κ2) is 7.70. The van der Waals surface area contributed by atoms with Crippen molar-refractivity contribution in [1.82, 2.24) is 10.2 Å². The highest BCUT2D eigenvalue weighted by Crippen LogP contribution is 2.22. The molecule has 112 valence electrons. The van der Waals surface area contributed by atoms with Crippen LogP contribution < -0.4 is 11.1 Å². The zero-order valence-corrected chi connectivity index (χ0v) is 12.4. The fraction of sp³-hybridized carbons (Fsp3) is 0.929. The Bertz CT molecular complexity index is 284. The zero-order chi connectivity index (χ0) is 14.4. The van der Waals surface area contributed by atoms with Crippen LogP contribution in [0.3, 0.4) is 0 Å². The van der Waals surface area contributed by atoms with Crippen LogP contribution in [-0.2, 0) is 0 Å². The summed E-state index contributed by atoms with van der Waals surface area (Å²) < 4.78 is 0. The fourth-order valence-electron chi connectivity index (χ4n) is 2.66. The van der Waals surface area contributed by atoms with E-state index in [1.807, 2.05) is 6.92 Å². The van der Waals surface area contributed by atoms with Crippen LogP contribution in [0.25, 0.3) is 0 Å². The predicted octanol–water partition coefficient (Wildman–Crippen LogP) is 1.16. The van der Waals surface area contributed by atoms with Crippen molar-refractivity contribution >= 4 is 6.03 Å². The summed E-state index contributed by atoms with van der Waals surface area (Å²) >= 11 is 0. The van der Waals surface area contributed by atoms with E-state index in [0.29, 0.717) is 24.9 Å². The molecule has 2 amide bonds. The summed E-state index contributed by atoms with van der Waals surface area (Å²) in [6.45, 7) is 8.61. The van der Waals surface area contributed by atoms with E-state index in [0.717, 1.165) is 25.8 Å². The van der Waals surface area contributed by atoms with Gasteiger partial charge in [-0.05, 0) is 37.6 Å². The molecule has 0 aromatic rings. The molecule has 5 heteroatoms. The largest absolute Gasteiger partial charge is 0.393 e. The first-order valence-corrected chi connectivity index (χ1v) is 7.38. The summed E-state index contributed by atoms with van der Waals surface area (Å²) in [4.78, 5) is 13.1. The smallest absolute Gasteiger partial charge is 0.314 e. The van der Waals surface area contributed by atoms with Crippen LogP contribution >= 0.6 is 0 Å². The van der Waals surface area contributed by atoms with Gasteiger partial charge in [-0.1, -0.05) is 20.8 Å². The predicted molar refractivity (Wildman–Crippen MR) is 76.8 cm³/mol. The second-order valence-corrected chi connectivity index (χ2v) is 6.14. The third-order valence-electron chi connectivity index (χ3n) is 3.74. The Hall–Kier alpha value is -0.810. The third-order valence-corrected chi connectivity index (χ3v) is 3.74. The van der Waals surface area contributed by atoms with Gasteiger partial charge in [-0.3, -0.25) is 0 Å². The van der Waals surface area contributed by atoms with Crippen LogP contribution in [-0.4, -0.2) is 47.8 Å². The Balaban J connectivity index is 2.54. The molecule has 1 heterocycles. The monoisotopic (exact) mass is 271 g/mol. The maximum absolute atomic E-state index is 11.4. The van der Waals surface area contributed by atoms with Crippen molar-refractivity contribution in [3.05, 3.63) is 0 Å². The number of hydrogen-bond acceptors (Lipinski definition) is 3. The number of nitrogens with zero attached hydrogens (tertiary/aromatic N) is 1. The standard InChI is InChI=1S/C14H29N3O2/c1-4-13(18)6-11-5-12(16-7-10(2)3)9-17(8-11)14(15)19/h10-13,16,18H,4-9H2,1-3H3,(H2,15,19). The van der Waals surface area contributed by atoms with Crippen molar-refractivity contribution in [2.45, 2.75) is 52.2 Å². The van der Waals surface area contributed by atoms with Crippen molar-refractivity contribution in [3.63, 3.8) is 0 Å². The molecule has 19 heavy (non-hydrogen) atoms. The molecule has 5 nitrogen and oxygen atoms in total. The van der Waals surface area contributed by atoms with E-state index in [9.17, 15) is 9.90 Å². The van der Waals surface area contributed by atoms with Gasteiger partial charge in [0.1, 0.15) is 0 Å². The number of nitrogens with two attached hydrogens (primary N) is 1. The van der Waals surface area contributed by atoms with Crippen LogP contribution in [0.15, 0.2) is 0 Å². The highest BCUT2D eigenvalue weighted by Gasteiger charge is 2.29. The molecule has 0 bridgehead atoms. The van der Waals surface area contributed by atoms with Gasteiger partial charge < -0.3 is 21.1 Å². The number of likely N-dealkylation sites (tertiary alicyclic amines) is 1. The van der Waals surface area contributed by atoms with Gasteiger partial charge in [-0.25, -0.2) is 4.79 Å². The van der Waals surface area contributed by atoms with Gasteiger partial charge in [0.2, 0.25) is 0 Å². The normalized spacial score (nSPS) is 25.6. The van der Waals surface area contributed by atoms with E-state index >= 15 is 0 Å². The summed E-state index contributed by atoms with van der Waals surface area (Å²) in [6, 6.07) is -0.0651. The van der Waals surface area contributed by atoms with Crippen LogP contribution in [0, 0.1) is 11.8 Å². The molecular formula is C14H29N3O2. The molecule has 3 unspecified atom stereocenters. The van der Waals surface area contributed by atoms with Crippen LogP contribution in [0.1, 0.15) is 40.0 Å². The Morgan fingerprint density at radius 2 is 2.16 bits per heavy atom. The topological polar surface area (TPSA) is 78.6 Å². The van der Waals surface area contributed by atoms with E-state index < -0.39 is 0 Å². The molecular weight excluding hydrogens is 242 g/mol. The molecule has 0 aliphatic carbocycles. The van der Waals surface area contributed by atoms with Gasteiger partial charge in [0.25, 0.3) is 0 Å². The van der Waals surface area contributed by atoms with Gasteiger partial charge in [0, 0.05) is 19.1 Å². The number of rotatable bonds is 6. The first-order chi connectivity index (χ1) is 8.92. The molecule has 1 rings (SSSR count). The van der Waals surface area contributed by atoms with Crippen LogP contribution in [0.5, 0.6) is 0 Å². The maximum Gasteiger partial charge on any atom is 0.314 e. The fourth-order valence-corrected chi connectivity index (χ4v) is 2.66. The quantitative estimate of drug-likeness (QED) is 0.678. The minimum absolute atomic E-state index is 0.274. The average Bonchev–Trinajstić information content (AvgIpc) is 2.35. The Morgan fingerprint density at radius 1 is 1.47 bits per heavy atom. The van der Waals surface area contributed by atoms with Crippen molar-refractivity contribution < 1.29 is 9.90 Å². The van der Waals surface area contributed by atoms with E-state index in [4.69, 9.17) is 5.73 Å². The number of carbonyl (C=O) groups excluding carboxylic acids is 1. The van der Waals surface area contributed by atoms with E-state index in [-0.39, 0.29) is 18.2 Å². The van der Waals surface area contributed by atoms with Crippen LogP contribution in [0.2, 0.25) is 0 Å². The molecule has 3 atom stereocenters. The molecule has 0 aromatic carbocycles. The molecule has 1 fully saturated rings. The second-order valence-electron chi connectivity index (χ2n) is 6.14. The molecule has 4 N–H and O–H groups in total. The van der Waals surface area contributed by atoms with Gasteiger partial charge in [0.05, 0.1) is 6.10 Å². The van der Waals surface area contributed by atoms with Gasteiger partial charge in [-0.15, -0.1) is 0 Å². The molecule has 0 saturated carbocycles. The lowest BCUT2D eigenvalue weighted by Crippen LogP contribution is -2.53. The van der Waals surface area contributed by atoms with Crippen molar-refractivity contribution in [2.24, 2.45) is 17.6 Å². The Kier molecular flexibility index (Phi) is 6.58. The van der Waals surface area contributed by atoms with Crippen molar-refractivity contribution in [2.75, 3.05) is 19.6 Å². The number of hydrogen-bond donors (Lipinski definition) is 3. The minimum Gasteiger partial charge on any atom is -0.393 e. The van der Waals surface area contributed by atoms with E-state index in [1.165, 1.54) is 0 Å². The molecule has 1 aliphatic heterocycles. The third kappa shape index (κ3) is 5.78. The number of aliphatic hydroxyl groups is 1. The number of nitrogens with one attached hydrogen (secondary N) is 1. The summed E-state index contributed by atoms with van der Waals surface area (Å²) in [6.07, 6.45) is 2.24. The first-order valence-electron chi connectivity index (χ1n) is 7.38. The maximum atomic E-state index is 11.4. The average molecular weight is 271 g/mol. The molecule has 0 radical (unpaired) electrons. The lowest BCUT2D eigenvalue weighted by Gasteiger charge is -2.38. The first kappa shape index (κ1) is 16.2. The lowest BCUT2D eigenvalue weighted by molar-refractivity contribution is 0.0951. The minimum atomic E-state index is -0.355. The number of piperidine rings is 1. The highest BCUT2D eigenvalue weighted by molar-refractivity contribution is 5.72. The van der Waals surface area contributed by atoms with Gasteiger partial charge >= 0.3 is 6.03 Å². The number of urea groups is 1. The Morgan fingerprint density at radius 3 is 2.68 bits per heavy atom. The molecule has 0 aromatic heterocycles. The molecule has 0 spiro atoms. The lowest BCUT2D eigenvalue weighted by atomic mass is 9.89. The van der Waals surface area contributed by atoms with Gasteiger partial charge in [0.15, 0.2) is 0 Å². The summed E-state index contributed by atoms with van der Waals surface area (Å²) in [5, 5.41) is 13.3. The number of primary amides is 1. The van der Waals surface area contributed by atoms with E-state index in [2.05, 4.69) is 19.2 Å². The van der Waals surface area contributed by atoms with Crippen molar-refractivity contribution in [1.29, 1.82) is 0 Å². The Labute approximate surface area is 116 Å². The van der Waals surface area contributed by atoms with Crippen LogP contribution in [0.4, 0.5) is 4.79 Å². The highest BCUT2D eigenvalue weighted by atomic mass is 16.3. The SMILES string of the molecule is CCC(O)CC1CC(NCC(C)C)CN(C(N)=O)C1. The zero-order valence-electron chi connectivity index (χ0n) is 12.4. The van der Waals surface area contributed by atoms with E-state index in [1.54, 1.807) is 4.90 Å². The number of carbonyl (C=O) groups is 1. The van der Waals surface area contributed by atoms with Gasteiger partial charge in [-0.2, -0.15) is 0 Å². The summed E-state index contributed by atoms with van der Waals surface area (Å²) in [7, 11) is 0.